The van der Waals surface area contributed by atoms with Crippen molar-refractivity contribution < 1.29 is 36.3 Å². The highest BCUT2D eigenvalue weighted by Crippen LogP contribution is 2.37. The van der Waals surface area contributed by atoms with Gasteiger partial charge in [0.1, 0.15) is 18.9 Å². The van der Waals surface area contributed by atoms with Gasteiger partial charge in [-0.3, -0.25) is 9.59 Å². The number of benzene rings is 2. The van der Waals surface area contributed by atoms with Crippen molar-refractivity contribution in [2.24, 2.45) is 13.0 Å². The minimum atomic E-state index is -4.68. The number of alkyl halides is 5. The molecule has 1 aliphatic carbocycles. The number of carbonyl (C=O) groups excluding carboxylic acids is 2. The van der Waals surface area contributed by atoms with Crippen molar-refractivity contribution in [3.05, 3.63) is 45.4 Å². The highest BCUT2D eigenvalue weighted by Gasteiger charge is 2.30. The van der Waals surface area contributed by atoms with E-state index in [1.807, 2.05) is 0 Å². The number of ether oxygens (including phenoxy) is 1. The Labute approximate surface area is 228 Å². The summed E-state index contributed by atoms with van der Waals surface area (Å²) in [5, 5.41) is 7.96. The predicted molar refractivity (Wildman–Crippen MR) is 135 cm³/mol. The second-order valence-corrected chi connectivity index (χ2v) is 9.63. The fourth-order valence-electron chi connectivity index (χ4n) is 3.69. The molecule has 3 aromatic rings. The number of amides is 2. The van der Waals surface area contributed by atoms with Crippen LogP contribution in [0.4, 0.5) is 33.6 Å². The van der Waals surface area contributed by atoms with Gasteiger partial charge in [-0.25, -0.2) is 13.8 Å². The normalized spacial score (nSPS) is 13.6. The van der Waals surface area contributed by atoms with E-state index in [-0.39, 0.29) is 51.3 Å². The number of nitrogens with zero attached hydrogens (tertiary/aromatic N) is 2. The van der Waals surface area contributed by atoms with Crippen molar-refractivity contribution in [1.29, 1.82) is 0 Å². The average molecular weight is 594 g/mol. The Hall–Kier alpha value is -3.32. The zero-order chi connectivity index (χ0) is 28.5. The van der Waals surface area contributed by atoms with E-state index in [2.05, 4.69) is 15.6 Å². The SMILES string of the molecule is Cn1c(Nc2c(Cl)ccc(CNC(=O)C3CC3)c2Cl)nc2cc(C(=O)NCC(F)(F)F)c(OCC(F)F)cc21. The van der Waals surface area contributed by atoms with Crippen LogP contribution in [-0.2, 0) is 18.4 Å². The summed E-state index contributed by atoms with van der Waals surface area (Å²) in [5.74, 6) is -1.40. The Morgan fingerprint density at radius 2 is 1.90 bits per heavy atom. The van der Waals surface area contributed by atoms with Crippen LogP contribution in [0.15, 0.2) is 24.3 Å². The van der Waals surface area contributed by atoms with E-state index in [9.17, 15) is 31.5 Å². The van der Waals surface area contributed by atoms with Crippen LogP contribution in [0.25, 0.3) is 11.0 Å². The van der Waals surface area contributed by atoms with Gasteiger partial charge in [-0.05, 0) is 30.5 Å². The van der Waals surface area contributed by atoms with E-state index >= 15 is 0 Å². The van der Waals surface area contributed by atoms with Crippen LogP contribution in [0.3, 0.4) is 0 Å². The zero-order valence-electron chi connectivity index (χ0n) is 20.3. The lowest BCUT2D eigenvalue weighted by atomic mass is 10.1. The number of aromatic nitrogens is 2. The molecule has 1 aromatic heterocycles. The number of hydrogen-bond acceptors (Lipinski definition) is 5. The van der Waals surface area contributed by atoms with Crippen LogP contribution in [0.1, 0.15) is 28.8 Å². The van der Waals surface area contributed by atoms with Crippen molar-refractivity contribution in [3.8, 4) is 5.75 Å². The first kappa shape index (κ1) is 28.7. The molecule has 3 N–H and O–H groups in total. The number of imidazole rings is 1. The highest BCUT2D eigenvalue weighted by atomic mass is 35.5. The van der Waals surface area contributed by atoms with Crippen molar-refractivity contribution in [1.82, 2.24) is 20.2 Å². The van der Waals surface area contributed by atoms with Gasteiger partial charge in [0.25, 0.3) is 12.3 Å². The molecule has 0 atom stereocenters. The molecule has 0 spiro atoms. The molecule has 0 radical (unpaired) electrons. The Bertz CT molecular complexity index is 1410. The van der Waals surface area contributed by atoms with Crippen molar-refractivity contribution in [2.75, 3.05) is 18.5 Å². The Kier molecular flexibility index (Phi) is 8.40. The molecule has 8 nitrogen and oxygen atoms in total. The van der Waals surface area contributed by atoms with Crippen molar-refractivity contribution in [3.63, 3.8) is 0 Å². The Balaban J connectivity index is 1.65. The molecule has 210 valence electrons. The average Bonchev–Trinajstić information content (AvgIpc) is 3.67. The smallest absolute Gasteiger partial charge is 0.405 e. The fraction of sp³-hybridized carbons (Fsp3) is 0.375. The summed E-state index contributed by atoms with van der Waals surface area (Å²) in [4.78, 5) is 28.9. The molecule has 15 heteroatoms. The minimum absolute atomic E-state index is 0.0173. The standard InChI is InChI=1S/C24H22Cl2F5N5O3/c1-36-16-7-17(39-9-18(27)28)13(22(38)33-10-24(29,30)31)6-15(16)34-23(36)35-20-14(25)5-4-12(19(20)26)8-32-21(37)11-2-3-11/h4-7,11,18H,2-3,8-10H2,1H3,(H,32,37)(H,33,38)(H,34,35). The molecule has 1 aliphatic rings. The quantitative estimate of drug-likeness (QED) is 0.266. The lowest BCUT2D eigenvalue weighted by Gasteiger charge is -2.14. The third-order valence-electron chi connectivity index (χ3n) is 5.85. The first-order valence-corrected chi connectivity index (χ1v) is 12.4. The molecular formula is C24H22Cl2F5N5O3. The molecule has 2 aromatic carbocycles. The summed E-state index contributed by atoms with van der Waals surface area (Å²) >= 11 is 12.9. The number of halogens is 7. The number of nitrogens with one attached hydrogen (secondary N) is 3. The molecule has 39 heavy (non-hydrogen) atoms. The summed E-state index contributed by atoms with van der Waals surface area (Å²) in [7, 11) is 1.57. The summed E-state index contributed by atoms with van der Waals surface area (Å²) < 4.78 is 70.0. The van der Waals surface area contributed by atoms with Crippen LogP contribution in [0, 0.1) is 5.92 Å². The van der Waals surface area contributed by atoms with Gasteiger partial charge in [-0.1, -0.05) is 29.3 Å². The zero-order valence-corrected chi connectivity index (χ0v) is 21.8. The number of anilines is 2. The largest absolute Gasteiger partial charge is 0.487 e. The summed E-state index contributed by atoms with van der Waals surface area (Å²) in [5.41, 5.74) is 0.923. The number of aryl methyl sites for hydroxylation is 1. The van der Waals surface area contributed by atoms with Crippen LogP contribution < -0.4 is 20.7 Å². The maximum Gasteiger partial charge on any atom is 0.405 e. The van der Waals surface area contributed by atoms with Gasteiger partial charge in [0, 0.05) is 25.6 Å². The van der Waals surface area contributed by atoms with Gasteiger partial charge in [-0.2, -0.15) is 13.2 Å². The number of carbonyl (C=O) groups is 2. The lowest BCUT2D eigenvalue weighted by Crippen LogP contribution is -2.34. The molecule has 0 saturated heterocycles. The van der Waals surface area contributed by atoms with E-state index in [1.54, 1.807) is 24.5 Å². The number of hydrogen-bond donors (Lipinski definition) is 3. The molecule has 2 amide bonds. The van der Waals surface area contributed by atoms with Gasteiger partial charge in [-0.15, -0.1) is 0 Å². The summed E-state index contributed by atoms with van der Waals surface area (Å²) in [6, 6.07) is 5.61. The number of fused-ring (bicyclic) bond motifs is 1. The van der Waals surface area contributed by atoms with Gasteiger partial charge in [0.15, 0.2) is 0 Å². The molecule has 1 fully saturated rings. The summed E-state index contributed by atoms with van der Waals surface area (Å²) in [6.07, 6.45) is -5.87. The molecule has 0 unspecified atom stereocenters. The maximum atomic E-state index is 12.8. The highest BCUT2D eigenvalue weighted by molar-refractivity contribution is 6.39. The van der Waals surface area contributed by atoms with Crippen LogP contribution >= 0.6 is 23.2 Å². The topological polar surface area (TPSA) is 97.3 Å². The van der Waals surface area contributed by atoms with Crippen LogP contribution in [0.5, 0.6) is 5.75 Å². The molecule has 1 saturated carbocycles. The number of rotatable bonds is 10. The Morgan fingerprint density at radius 3 is 2.54 bits per heavy atom. The monoisotopic (exact) mass is 593 g/mol. The Morgan fingerprint density at radius 1 is 1.18 bits per heavy atom. The molecular weight excluding hydrogens is 572 g/mol. The van der Waals surface area contributed by atoms with E-state index < -0.39 is 37.2 Å². The second kappa shape index (κ2) is 11.4. The van der Waals surface area contributed by atoms with Crippen molar-refractivity contribution >= 4 is 57.7 Å². The predicted octanol–water partition coefficient (Wildman–Crippen LogP) is 5.59. The molecule has 0 bridgehead atoms. The third kappa shape index (κ3) is 7.01. The van der Waals surface area contributed by atoms with E-state index in [0.717, 1.165) is 18.9 Å². The van der Waals surface area contributed by atoms with Crippen molar-refractivity contribution in [2.45, 2.75) is 32.0 Å². The lowest BCUT2D eigenvalue weighted by molar-refractivity contribution is -0.123. The molecule has 4 rings (SSSR count). The first-order chi connectivity index (χ1) is 18.3. The molecule has 1 heterocycles. The van der Waals surface area contributed by atoms with Gasteiger partial charge in [0.05, 0.1) is 32.3 Å². The first-order valence-electron chi connectivity index (χ1n) is 11.6. The maximum absolute atomic E-state index is 12.8. The van der Waals surface area contributed by atoms with Crippen LogP contribution in [-0.4, -0.2) is 47.1 Å². The molecule has 0 aliphatic heterocycles. The van der Waals surface area contributed by atoms with E-state index in [0.29, 0.717) is 11.1 Å². The second-order valence-electron chi connectivity index (χ2n) is 8.84. The van der Waals surface area contributed by atoms with E-state index in [4.69, 9.17) is 27.9 Å². The van der Waals surface area contributed by atoms with E-state index in [1.165, 1.54) is 10.6 Å². The fourth-order valence-corrected chi connectivity index (χ4v) is 4.22. The minimum Gasteiger partial charge on any atom is -0.487 e. The summed E-state index contributed by atoms with van der Waals surface area (Å²) in [6.45, 7) is -2.53. The van der Waals surface area contributed by atoms with Gasteiger partial charge in [0.2, 0.25) is 11.9 Å². The van der Waals surface area contributed by atoms with Crippen LogP contribution in [0.2, 0.25) is 10.0 Å². The van der Waals surface area contributed by atoms with Gasteiger partial charge < -0.3 is 25.3 Å². The third-order valence-corrected chi connectivity index (χ3v) is 6.60. The van der Waals surface area contributed by atoms with Gasteiger partial charge >= 0.3 is 6.18 Å².